The zero-order chi connectivity index (χ0) is 14.5. The van der Waals surface area contributed by atoms with Gasteiger partial charge in [0, 0.05) is 12.6 Å². The van der Waals surface area contributed by atoms with Gasteiger partial charge in [-0.15, -0.1) is 0 Å². The molecular weight excluding hydrogens is 248 g/mol. The van der Waals surface area contributed by atoms with Gasteiger partial charge in [-0.1, -0.05) is 19.1 Å². The zero-order valence-corrected chi connectivity index (χ0v) is 13.0. The van der Waals surface area contributed by atoms with E-state index >= 15 is 0 Å². The van der Waals surface area contributed by atoms with E-state index in [0.717, 1.165) is 18.2 Å². The van der Waals surface area contributed by atoms with Gasteiger partial charge in [0.1, 0.15) is 5.75 Å². The minimum atomic E-state index is 0.0940. The molecule has 20 heavy (non-hydrogen) atoms. The molecule has 112 valence electrons. The van der Waals surface area contributed by atoms with E-state index in [4.69, 9.17) is 10.5 Å². The summed E-state index contributed by atoms with van der Waals surface area (Å²) >= 11 is 0. The van der Waals surface area contributed by atoms with Crippen LogP contribution in [-0.2, 0) is 0 Å². The monoisotopic (exact) mass is 276 g/mol. The van der Waals surface area contributed by atoms with Crippen LogP contribution in [0.1, 0.15) is 45.2 Å². The number of nitrogens with two attached hydrogens (primary N) is 1. The van der Waals surface area contributed by atoms with Gasteiger partial charge in [-0.25, -0.2) is 0 Å². The van der Waals surface area contributed by atoms with Crippen LogP contribution >= 0.6 is 0 Å². The van der Waals surface area contributed by atoms with Crippen molar-refractivity contribution in [1.29, 1.82) is 0 Å². The lowest BCUT2D eigenvalue weighted by atomic mass is 9.98. The second kappa shape index (κ2) is 7.09. The lowest BCUT2D eigenvalue weighted by Gasteiger charge is -2.32. The Labute approximate surface area is 123 Å². The van der Waals surface area contributed by atoms with E-state index in [1.165, 1.54) is 31.5 Å². The highest BCUT2D eigenvalue weighted by Crippen LogP contribution is 2.21. The van der Waals surface area contributed by atoms with Crippen LogP contribution in [0.25, 0.3) is 0 Å². The van der Waals surface area contributed by atoms with Crippen molar-refractivity contribution < 1.29 is 4.74 Å². The van der Waals surface area contributed by atoms with Gasteiger partial charge in [0.25, 0.3) is 0 Å². The second-order valence-corrected chi connectivity index (χ2v) is 6.33. The molecule has 0 aliphatic carbocycles. The first-order valence-electron chi connectivity index (χ1n) is 7.79. The third kappa shape index (κ3) is 4.50. The molecule has 0 aromatic heterocycles. The zero-order valence-electron chi connectivity index (χ0n) is 13.0. The Bertz CT molecular complexity index is 394. The fraction of sp³-hybridized carbons (Fsp3) is 0.647. The summed E-state index contributed by atoms with van der Waals surface area (Å²) in [5.74, 6) is 1.79. The Balaban J connectivity index is 1.87. The van der Waals surface area contributed by atoms with Crippen molar-refractivity contribution in [2.24, 2.45) is 11.7 Å². The van der Waals surface area contributed by atoms with Gasteiger partial charge < -0.3 is 15.4 Å². The third-order valence-electron chi connectivity index (χ3n) is 4.01. The number of piperidine rings is 1. The Morgan fingerprint density at radius 3 is 2.35 bits per heavy atom. The SMILES string of the molecule is CC1CCN(CC(N)c2ccc(OC(C)C)cc2)CC1. The highest BCUT2D eigenvalue weighted by molar-refractivity contribution is 5.29. The molecule has 1 atom stereocenters. The molecule has 0 radical (unpaired) electrons. The first-order valence-corrected chi connectivity index (χ1v) is 7.79. The molecule has 2 rings (SSSR count). The lowest BCUT2D eigenvalue weighted by Crippen LogP contribution is -2.38. The van der Waals surface area contributed by atoms with Gasteiger partial charge in [-0.05, 0) is 63.4 Å². The Morgan fingerprint density at radius 2 is 1.80 bits per heavy atom. The molecule has 1 saturated heterocycles. The van der Waals surface area contributed by atoms with Crippen LogP contribution in [0.2, 0.25) is 0 Å². The summed E-state index contributed by atoms with van der Waals surface area (Å²) < 4.78 is 5.66. The molecule has 3 nitrogen and oxygen atoms in total. The summed E-state index contributed by atoms with van der Waals surface area (Å²) in [7, 11) is 0. The third-order valence-corrected chi connectivity index (χ3v) is 4.01. The quantitative estimate of drug-likeness (QED) is 0.897. The summed E-state index contributed by atoms with van der Waals surface area (Å²) in [6.07, 6.45) is 2.81. The number of ether oxygens (including phenoxy) is 1. The van der Waals surface area contributed by atoms with Crippen molar-refractivity contribution in [3.63, 3.8) is 0 Å². The summed E-state index contributed by atoms with van der Waals surface area (Å²) in [5.41, 5.74) is 7.52. The van der Waals surface area contributed by atoms with E-state index in [1.54, 1.807) is 0 Å². The molecule has 1 aliphatic heterocycles. The maximum absolute atomic E-state index is 6.33. The number of hydrogen-bond donors (Lipinski definition) is 1. The lowest BCUT2D eigenvalue weighted by molar-refractivity contribution is 0.183. The molecule has 1 fully saturated rings. The number of rotatable bonds is 5. The molecule has 0 spiro atoms. The molecule has 1 heterocycles. The number of nitrogens with zero attached hydrogens (tertiary/aromatic N) is 1. The summed E-state index contributed by atoms with van der Waals surface area (Å²) in [5, 5.41) is 0. The summed E-state index contributed by atoms with van der Waals surface area (Å²) in [6, 6.07) is 8.32. The molecule has 0 amide bonds. The molecule has 1 aliphatic rings. The average molecular weight is 276 g/mol. The molecule has 3 heteroatoms. The van der Waals surface area contributed by atoms with Crippen LogP contribution in [0.4, 0.5) is 0 Å². The van der Waals surface area contributed by atoms with E-state index in [1.807, 2.05) is 26.0 Å². The molecule has 1 unspecified atom stereocenters. The Kier molecular flexibility index (Phi) is 5.44. The van der Waals surface area contributed by atoms with E-state index in [-0.39, 0.29) is 12.1 Å². The van der Waals surface area contributed by atoms with Gasteiger partial charge in [0.05, 0.1) is 6.10 Å². The molecular formula is C17H28N2O. The van der Waals surface area contributed by atoms with E-state index in [9.17, 15) is 0 Å². The summed E-state index contributed by atoms with van der Waals surface area (Å²) in [6.45, 7) is 9.74. The van der Waals surface area contributed by atoms with Gasteiger partial charge in [-0.3, -0.25) is 0 Å². The number of likely N-dealkylation sites (tertiary alicyclic amines) is 1. The van der Waals surface area contributed by atoms with Gasteiger partial charge in [-0.2, -0.15) is 0 Å². The number of hydrogen-bond acceptors (Lipinski definition) is 3. The molecule has 2 N–H and O–H groups in total. The molecule has 1 aromatic carbocycles. The predicted molar refractivity (Wildman–Crippen MR) is 84.0 cm³/mol. The fourth-order valence-corrected chi connectivity index (χ4v) is 2.69. The van der Waals surface area contributed by atoms with Crippen LogP contribution in [0, 0.1) is 5.92 Å². The van der Waals surface area contributed by atoms with E-state index in [0.29, 0.717) is 0 Å². The minimum Gasteiger partial charge on any atom is -0.491 e. The maximum Gasteiger partial charge on any atom is 0.119 e. The van der Waals surface area contributed by atoms with Crippen molar-refractivity contribution >= 4 is 0 Å². The van der Waals surface area contributed by atoms with Crippen molar-refractivity contribution in [1.82, 2.24) is 4.90 Å². The van der Waals surface area contributed by atoms with Crippen molar-refractivity contribution in [2.45, 2.75) is 45.8 Å². The van der Waals surface area contributed by atoms with Crippen molar-refractivity contribution in [3.05, 3.63) is 29.8 Å². The van der Waals surface area contributed by atoms with Gasteiger partial charge >= 0.3 is 0 Å². The van der Waals surface area contributed by atoms with Crippen LogP contribution in [0.3, 0.4) is 0 Å². The fourth-order valence-electron chi connectivity index (χ4n) is 2.69. The van der Waals surface area contributed by atoms with Crippen LogP contribution in [0.15, 0.2) is 24.3 Å². The van der Waals surface area contributed by atoms with E-state index < -0.39 is 0 Å². The first kappa shape index (κ1) is 15.3. The van der Waals surface area contributed by atoms with Crippen molar-refractivity contribution in [3.8, 4) is 5.75 Å². The Morgan fingerprint density at radius 1 is 1.20 bits per heavy atom. The molecule has 1 aromatic rings. The van der Waals surface area contributed by atoms with Gasteiger partial charge in [0.2, 0.25) is 0 Å². The summed E-state index contributed by atoms with van der Waals surface area (Å²) in [4.78, 5) is 2.49. The molecule has 0 saturated carbocycles. The second-order valence-electron chi connectivity index (χ2n) is 6.33. The van der Waals surface area contributed by atoms with Crippen molar-refractivity contribution in [2.75, 3.05) is 19.6 Å². The van der Waals surface area contributed by atoms with Crippen LogP contribution < -0.4 is 10.5 Å². The standard InChI is InChI=1S/C17H28N2O/c1-13(2)20-16-6-4-15(5-7-16)17(18)12-19-10-8-14(3)9-11-19/h4-7,13-14,17H,8-12,18H2,1-3H3. The van der Waals surface area contributed by atoms with Gasteiger partial charge in [0.15, 0.2) is 0 Å². The minimum absolute atomic E-state index is 0.0940. The maximum atomic E-state index is 6.33. The van der Waals surface area contributed by atoms with E-state index in [2.05, 4.69) is 24.0 Å². The van der Waals surface area contributed by atoms with Crippen LogP contribution in [-0.4, -0.2) is 30.6 Å². The van der Waals surface area contributed by atoms with Crippen LogP contribution in [0.5, 0.6) is 5.75 Å². The smallest absolute Gasteiger partial charge is 0.119 e. The average Bonchev–Trinajstić information content (AvgIpc) is 2.41. The number of benzene rings is 1. The normalized spacial score (nSPS) is 19.2. The topological polar surface area (TPSA) is 38.5 Å². The predicted octanol–water partition coefficient (Wildman–Crippen LogP) is 3.21. The first-order chi connectivity index (χ1) is 9.54. The Hall–Kier alpha value is -1.06. The molecule has 0 bridgehead atoms. The largest absolute Gasteiger partial charge is 0.491 e. The highest BCUT2D eigenvalue weighted by atomic mass is 16.5. The highest BCUT2D eigenvalue weighted by Gasteiger charge is 2.18.